The van der Waals surface area contributed by atoms with Crippen LogP contribution in [0.4, 0.5) is 11.4 Å². The Kier molecular flexibility index (Phi) is 11.6. The van der Waals surface area contributed by atoms with Gasteiger partial charge in [0.2, 0.25) is 0 Å². The number of aliphatic carboxylic acids is 2. The molecule has 25 heavy (non-hydrogen) atoms. The van der Waals surface area contributed by atoms with E-state index in [0.29, 0.717) is 11.4 Å². The third-order valence-electron chi connectivity index (χ3n) is 2.28. The Hall–Kier alpha value is -2.48. The van der Waals surface area contributed by atoms with Crippen molar-refractivity contribution in [2.24, 2.45) is 0 Å². The number of hydrogen-bond donors (Lipinski definition) is 4. The molecule has 0 radical (unpaired) electrons. The van der Waals surface area contributed by atoms with Crippen LogP contribution in [0.5, 0.6) is 0 Å². The molecule has 0 heterocycles. The van der Waals surface area contributed by atoms with E-state index in [1.165, 1.54) is 0 Å². The van der Waals surface area contributed by atoms with Crippen LogP contribution in [0.1, 0.15) is 0 Å². The molecule has 2 aromatic rings. The predicted molar refractivity (Wildman–Crippen MR) is 83.3 cm³/mol. The second-order valence-electron chi connectivity index (χ2n) is 4.07. The molecule has 0 aliphatic heterocycles. The van der Waals surface area contributed by atoms with Gasteiger partial charge in [0.15, 0.2) is 0 Å². The van der Waals surface area contributed by atoms with Gasteiger partial charge in [-0.3, -0.25) is 11.0 Å². The Labute approximate surface area is 155 Å². The van der Waals surface area contributed by atoms with Crippen molar-refractivity contribution in [3.8, 4) is 0 Å². The quantitative estimate of drug-likeness (QED) is 0.257. The summed E-state index contributed by atoms with van der Waals surface area (Å²) in [7, 11) is -1.68. The summed E-state index contributed by atoms with van der Waals surface area (Å²) in [6.07, 6.45) is 0. The molecule has 0 amide bonds. The minimum atomic E-state index is -1.82. The van der Waals surface area contributed by atoms with Gasteiger partial charge in [0.25, 0.3) is 0 Å². The van der Waals surface area contributed by atoms with Crippen molar-refractivity contribution >= 4 is 30.6 Å². The Morgan fingerprint density at radius 1 is 0.800 bits per heavy atom. The van der Waals surface area contributed by atoms with Gasteiger partial charge >= 0.3 is 38.1 Å². The average molecular weight is 340 g/mol. The number of carboxylic acid groups (broad SMARTS) is 2. The van der Waals surface area contributed by atoms with Gasteiger partial charge in [0, 0.05) is 0 Å². The Balaban J connectivity index is 0.000000715. The van der Waals surface area contributed by atoms with E-state index in [1.807, 2.05) is 36.4 Å². The Morgan fingerprint density at radius 2 is 1.12 bits per heavy atom. The summed E-state index contributed by atoms with van der Waals surface area (Å²) in [4.78, 5) is 18.2. The van der Waals surface area contributed by atoms with Crippen molar-refractivity contribution in [2.45, 2.75) is 0 Å². The van der Waals surface area contributed by atoms with Crippen LogP contribution in [0.2, 0.25) is 0 Å². The maximum Gasteiger partial charge on any atom is 1.00 e. The van der Waals surface area contributed by atoms with Crippen LogP contribution in [0.15, 0.2) is 60.7 Å². The zero-order valence-corrected chi connectivity index (χ0v) is 13.3. The van der Waals surface area contributed by atoms with Crippen molar-refractivity contribution < 1.29 is 53.2 Å². The Bertz CT molecular complexity index is 578. The first-order chi connectivity index (χ1) is 11.5. The number of hydrogen-bond acceptors (Lipinski definition) is 7. The van der Waals surface area contributed by atoms with Crippen LogP contribution in [0, 0.1) is 0 Å². The van der Waals surface area contributed by atoms with Gasteiger partial charge in [-0.2, -0.15) is 0 Å². The van der Waals surface area contributed by atoms with Gasteiger partial charge in [-0.05, 0) is 24.3 Å². The molecule has 0 aliphatic carbocycles. The normalized spacial score (nSPS) is 8.84. The second-order valence-corrected chi connectivity index (χ2v) is 4.07. The SMILES string of the molecule is O=C(O)C(=O)O.[Li+].[O-]B(ONc1ccccc1)ONc1ccccc1. The summed E-state index contributed by atoms with van der Waals surface area (Å²) in [5.41, 5.74) is 6.37. The van der Waals surface area contributed by atoms with E-state index in [0.717, 1.165) is 0 Å². The number of carboxylic acids is 2. The van der Waals surface area contributed by atoms with Crippen LogP contribution >= 0.6 is 0 Å². The van der Waals surface area contributed by atoms with Gasteiger partial charge in [-0.25, -0.2) is 9.59 Å². The smallest absolute Gasteiger partial charge is 0.829 e. The molecule has 0 saturated heterocycles. The maximum absolute atomic E-state index is 11.3. The molecule has 2 aromatic carbocycles. The van der Waals surface area contributed by atoms with E-state index in [4.69, 9.17) is 29.3 Å². The molecule has 126 valence electrons. The van der Waals surface area contributed by atoms with E-state index in [2.05, 4.69) is 11.0 Å². The van der Waals surface area contributed by atoms with Crippen LogP contribution < -0.4 is 34.8 Å². The summed E-state index contributed by atoms with van der Waals surface area (Å²) >= 11 is 0. The fourth-order valence-electron chi connectivity index (χ4n) is 1.27. The summed E-state index contributed by atoms with van der Waals surface area (Å²) in [6.45, 7) is 0. The number of nitrogens with one attached hydrogen (secondary N) is 2. The number of benzene rings is 2. The molecule has 0 aromatic heterocycles. The second kappa shape index (κ2) is 12.9. The first-order valence-corrected chi connectivity index (χ1v) is 6.54. The third-order valence-corrected chi connectivity index (χ3v) is 2.28. The summed E-state index contributed by atoms with van der Waals surface area (Å²) < 4.78 is 9.52. The topological polar surface area (TPSA) is 140 Å². The molecule has 0 spiro atoms. The number of carbonyl (C=O) groups is 2. The molecule has 9 nitrogen and oxygen atoms in total. The minimum Gasteiger partial charge on any atom is -0.829 e. The maximum atomic E-state index is 11.3. The van der Waals surface area contributed by atoms with Crippen molar-refractivity contribution in [2.75, 3.05) is 11.0 Å². The van der Waals surface area contributed by atoms with Crippen molar-refractivity contribution in [3.05, 3.63) is 60.7 Å². The monoisotopic (exact) mass is 340 g/mol. The largest absolute Gasteiger partial charge is 1.00 e. The first kappa shape index (κ1) is 22.5. The molecule has 0 unspecified atom stereocenters. The standard InChI is InChI=1S/C12H12BN2O3.C2H2O4.Li/c16-13(17-14-11-7-3-1-4-8-11)18-15-12-9-5-2-6-10-12;3-1(4)2(5)6;/h1-10,14-15H;(H,3,4)(H,5,6);/q-1;;+1. The summed E-state index contributed by atoms with van der Waals surface area (Å²) in [5, 5.41) is 26.1. The van der Waals surface area contributed by atoms with Crippen molar-refractivity contribution in [1.29, 1.82) is 0 Å². The molecule has 2 rings (SSSR count). The van der Waals surface area contributed by atoms with Gasteiger partial charge in [0.1, 0.15) is 0 Å². The number of anilines is 2. The summed E-state index contributed by atoms with van der Waals surface area (Å²) in [6, 6.07) is 18.1. The van der Waals surface area contributed by atoms with Gasteiger partial charge < -0.3 is 24.7 Å². The molecule has 0 fully saturated rings. The van der Waals surface area contributed by atoms with Crippen molar-refractivity contribution in [1.82, 2.24) is 0 Å². The zero-order valence-electron chi connectivity index (χ0n) is 13.3. The van der Waals surface area contributed by atoms with E-state index in [9.17, 15) is 5.02 Å². The fraction of sp³-hybridized carbons (Fsp3) is 0. The molecular weight excluding hydrogens is 326 g/mol. The van der Waals surface area contributed by atoms with Crippen LogP contribution in [0.3, 0.4) is 0 Å². The molecule has 4 N–H and O–H groups in total. The molecule has 0 bridgehead atoms. The summed E-state index contributed by atoms with van der Waals surface area (Å²) in [5.74, 6) is -3.65. The number of rotatable bonds is 6. The van der Waals surface area contributed by atoms with E-state index in [1.54, 1.807) is 24.3 Å². The minimum absolute atomic E-state index is 0. The predicted octanol–water partition coefficient (Wildman–Crippen LogP) is -2.42. The van der Waals surface area contributed by atoms with E-state index < -0.39 is 19.3 Å². The third kappa shape index (κ3) is 10.8. The first-order valence-electron chi connectivity index (χ1n) is 6.54. The van der Waals surface area contributed by atoms with Crippen molar-refractivity contribution in [3.63, 3.8) is 0 Å². The molecule has 0 atom stereocenters. The fourth-order valence-corrected chi connectivity index (χ4v) is 1.27. The zero-order chi connectivity index (χ0) is 17.8. The molecule has 0 saturated carbocycles. The van der Waals surface area contributed by atoms with E-state index in [-0.39, 0.29) is 18.9 Å². The van der Waals surface area contributed by atoms with Crippen LogP contribution in [0.25, 0.3) is 0 Å². The molecule has 11 heteroatoms. The molecule has 0 aliphatic rings. The molecular formula is C14H14BLiN2O7. The van der Waals surface area contributed by atoms with Gasteiger partial charge in [0.05, 0.1) is 11.4 Å². The van der Waals surface area contributed by atoms with Gasteiger partial charge in [-0.1, -0.05) is 36.4 Å². The number of para-hydroxylation sites is 2. The van der Waals surface area contributed by atoms with Crippen LogP contribution in [-0.2, 0) is 19.1 Å². The van der Waals surface area contributed by atoms with Gasteiger partial charge in [-0.15, -0.1) is 0 Å². The van der Waals surface area contributed by atoms with Crippen LogP contribution in [-0.4, -0.2) is 29.5 Å². The Morgan fingerprint density at radius 3 is 1.40 bits per heavy atom. The average Bonchev–Trinajstić information content (AvgIpc) is 2.60. The van der Waals surface area contributed by atoms with E-state index >= 15 is 0 Å².